The molecule has 7 heteroatoms. The van der Waals surface area contributed by atoms with E-state index in [1.165, 1.54) is 31.4 Å². The topological polar surface area (TPSA) is 70.1 Å². The summed E-state index contributed by atoms with van der Waals surface area (Å²) in [5.41, 5.74) is 1.73. The van der Waals surface area contributed by atoms with Gasteiger partial charge in [-0.05, 0) is 48.1 Å². The van der Waals surface area contributed by atoms with Gasteiger partial charge >= 0.3 is 0 Å². The smallest absolute Gasteiger partial charge is 0.206 e. The van der Waals surface area contributed by atoms with Crippen LogP contribution in [0.3, 0.4) is 0 Å². The summed E-state index contributed by atoms with van der Waals surface area (Å²) in [5.74, 6) is -0.289. The van der Waals surface area contributed by atoms with Crippen LogP contribution in [-0.2, 0) is 0 Å². The van der Waals surface area contributed by atoms with Gasteiger partial charge in [0.15, 0.2) is 11.5 Å². The molecular weight excluding hydrogens is 378 g/mol. The first-order chi connectivity index (χ1) is 13.2. The normalized spacial score (nSPS) is 16.4. The minimum atomic E-state index is -0.153. The van der Waals surface area contributed by atoms with Crippen LogP contribution in [0.1, 0.15) is 37.7 Å². The highest BCUT2D eigenvalue weighted by Gasteiger charge is 2.14. The van der Waals surface area contributed by atoms with Crippen molar-refractivity contribution in [1.29, 1.82) is 0 Å². The van der Waals surface area contributed by atoms with Crippen molar-refractivity contribution in [3.8, 4) is 22.1 Å². The third-order valence-corrected chi connectivity index (χ3v) is 6.37. The zero-order chi connectivity index (χ0) is 18.6. The zero-order valence-electron chi connectivity index (χ0n) is 14.8. The standard InChI is InChI=1S/C20H21N3O2S2/c24-17-9-8-14(11-18(17)25)12-21-23-16(19-7-4-10-26-19)13-27-20(23)22-15-5-2-1-3-6-15/h4,7-13,15,24-25H,1-3,5-6H2. The van der Waals surface area contributed by atoms with E-state index in [9.17, 15) is 10.2 Å². The lowest BCUT2D eigenvalue weighted by molar-refractivity contribution is 0.403. The summed E-state index contributed by atoms with van der Waals surface area (Å²) < 4.78 is 1.88. The Balaban J connectivity index is 1.73. The third kappa shape index (κ3) is 4.14. The number of aromatic hydroxyl groups is 2. The maximum absolute atomic E-state index is 9.70. The highest BCUT2D eigenvalue weighted by atomic mass is 32.1. The van der Waals surface area contributed by atoms with Crippen LogP contribution in [0.15, 0.2) is 51.2 Å². The second kappa shape index (κ2) is 8.10. The summed E-state index contributed by atoms with van der Waals surface area (Å²) in [6.45, 7) is 0. The number of hydrogen-bond donors (Lipinski definition) is 2. The van der Waals surface area contributed by atoms with E-state index in [4.69, 9.17) is 4.99 Å². The van der Waals surface area contributed by atoms with Gasteiger partial charge < -0.3 is 10.2 Å². The van der Waals surface area contributed by atoms with E-state index in [0.717, 1.165) is 28.2 Å². The molecular formula is C20H21N3O2S2. The Kier molecular flexibility index (Phi) is 5.40. The molecule has 2 N–H and O–H groups in total. The van der Waals surface area contributed by atoms with Crippen molar-refractivity contribution in [1.82, 2.24) is 4.68 Å². The molecule has 0 saturated heterocycles. The predicted molar refractivity (Wildman–Crippen MR) is 111 cm³/mol. The SMILES string of the molecule is Oc1ccc(C=Nn2c(-c3cccs3)csc2=NC2CCCCC2)cc1O. The fraction of sp³-hybridized carbons (Fsp3) is 0.300. The molecule has 4 rings (SSSR count). The highest BCUT2D eigenvalue weighted by Crippen LogP contribution is 2.27. The lowest BCUT2D eigenvalue weighted by Gasteiger charge is -2.16. The monoisotopic (exact) mass is 399 g/mol. The second-order valence-corrected chi connectivity index (χ2v) is 8.39. The van der Waals surface area contributed by atoms with Gasteiger partial charge in [-0.25, -0.2) is 4.68 Å². The Morgan fingerprint density at radius 3 is 2.63 bits per heavy atom. The number of rotatable bonds is 4. The predicted octanol–water partition coefficient (Wildman–Crippen LogP) is 4.80. The van der Waals surface area contributed by atoms with E-state index in [0.29, 0.717) is 11.6 Å². The van der Waals surface area contributed by atoms with E-state index in [1.807, 2.05) is 10.7 Å². The average Bonchev–Trinajstić information content (AvgIpc) is 3.33. The quantitative estimate of drug-likeness (QED) is 0.488. The van der Waals surface area contributed by atoms with Gasteiger partial charge in [0.05, 0.1) is 22.8 Å². The Morgan fingerprint density at radius 1 is 1.04 bits per heavy atom. The maximum Gasteiger partial charge on any atom is 0.206 e. The van der Waals surface area contributed by atoms with Crippen LogP contribution in [0.25, 0.3) is 10.6 Å². The number of hydrogen-bond acceptors (Lipinski definition) is 6. The molecule has 0 unspecified atom stereocenters. The Morgan fingerprint density at radius 2 is 1.89 bits per heavy atom. The van der Waals surface area contributed by atoms with Gasteiger partial charge in [-0.1, -0.05) is 25.3 Å². The summed E-state index contributed by atoms with van der Waals surface area (Å²) in [7, 11) is 0. The molecule has 1 fully saturated rings. The maximum atomic E-state index is 9.70. The van der Waals surface area contributed by atoms with Crippen LogP contribution in [0.2, 0.25) is 0 Å². The first-order valence-electron chi connectivity index (χ1n) is 9.05. The summed E-state index contributed by atoms with van der Waals surface area (Å²) in [5, 5.41) is 28.0. The fourth-order valence-corrected chi connectivity index (χ4v) is 4.91. The molecule has 140 valence electrons. The molecule has 2 aromatic heterocycles. The average molecular weight is 400 g/mol. The fourth-order valence-electron chi connectivity index (χ4n) is 3.21. The second-order valence-electron chi connectivity index (χ2n) is 6.61. The van der Waals surface area contributed by atoms with Crippen molar-refractivity contribution in [2.45, 2.75) is 38.1 Å². The minimum Gasteiger partial charge on any atom is -0.504 e. The van der Waals surface area contributed by atoms with Gasteiger partial charge in [0.2, 0.25) is 4.80 Å². The molecule has 3 aromatic rings. The van der Waals surface area contributed by atoms with Crippen LogP contribution in [0.5, 0.6) is 11.5 Å². The van der Waals surface area contributed by atoms with Crippen molar-refractivity contribution in [3.05, 3.63) is 51.5 Å². The van der Waals surface area contributed by atoms with Crippen LogP contribution in [0.4, 0.5) is 0 Å². The lowest BCUT2D eigenvalue weighted by Crippen LogP contribution is -2.18. The molecule has 0 aliphatic heterocycles. The van der Waals surface area contributed by atoms with Crippen molar-refractivity contribution in [2.75, 3.05) is 0 Å². The van der Waals surface area contributed by atoms with E-state index in [1.54, 1.807) is 35.0 Å². The number of aromatic nitrogens is 1. The van der Waals surface area contributed by atoms with Crippen LogP contribution < -0.4 is 4.80 Å². The number of benzene rings is 1. The Hall–Kier alpha value is -2.38. The molecule has 1 aliphatic rings. The molecule has 2 heterocycles. The Bertz CT molecular complexity index is 997. The zero-order valence-corrected chi connectivity index (χ0v) is 16.4. The van der Waals surface area contributed by atoms with Crippen molar-refractivity contribution in [2.24, 2.45) is 10.1 Å². The van der Waals surface area contributed by atoms with E-state index in [-0.39, 0.29) is 11.5 Å². The van der Waals surface area contributed by atoms with Crippen LogP contribution >= 0.6 is 22.7 Å². The van der Waals surface area contributed by atoms with Crippen molar-refractivity contribution < 1.29 is 10.2 Å². The number of phenolic OH excluding ortho intramolecular Hbond substituents is 2. The minimum absolute atomic E-state index is 0.136. The van der Waals surface area contributed by atoms with Crippen LogP contribution in [0, 0.1) is 0 Å². The molecule has 5 nitrogen and oxygen atoms in total. The van der Waals surface area contributed by atoms with Gasteiger partial charge in [-0.2, -0.15) is 5.10 Å². The summed E-state index contributed by atoms with van der Waals surface area (Å²) in [6.07, 6.45) is 7.76. The first kappa shape index (κ1) is 18.0. The van der Waals surface area contributed by atoms with Crippen LogP contribution in [-0.4, -0.2) is 27.1 Å². The first-order valence-corrected chi connectivity index (χ1v) is 10.8. The molecule has 0 spiro atoms. The number of thiophene rings is 1. The molecule has 0 bridgehead atoms. The van der Waals surface area contributed by atoms with E-state index in [2.05, 4.69) is 21.9 Å². The Labute approximate surface area is 165 Å². The van der Waals surface area contributed by atoms with E-state index < -0.39 is 0 Å². The van der Waals surface area contributed by atoms with E-state index >= 15 is 0 Å². The third-order valence-electron chi connectivity index (χ3n) is 4.65. The number of thiazole rings is 1. The molecule has 0 atom stereocenters. The molecule has 1 saturated carbocycles. The summed E-state index contributed by atoms with van der Waals surface area (Å²) in [4.78, 5) is 7.01. The van der Waals surface area contributed by atoms with Gasteiger partial charge in [0.25, 0.3) is 0 Å². The van der Waals surface area contributed by atoms with Gasteiger partial charge in [-0.3, -0.25) is 4.99 Å². The van der Waals surface area contributed by atoms with Gasteiger partial charge in [-0.15, -0.1) is 22.7 Å². The molecule has 0 radical (unpaired) electrons. The largest absolute Gasteiger partial charge is 0.504 e. The van der Waals surface area contributed by atoms with Gasteiger partial charge in [0, 0.05) is 5.38 Å². The summed E-state index contributed by atoms with van der Waals surface area (Å²) >= 11 is 3.28. The highest BCUT2D eigenvalue weighted by molar-refractivity contribution is 7.14. The molecule has 1 aliphatic carbocycles. The molecule has 1 aromatic carbocycles. The number of phenols is 2. The molecule has 27 heavy (non-hydrogen) atoms. The van der Waals surface area contributed by atoms with Gasteiger partial charge in [0.1, 0.15) is 0 Å². The lowest BCUT2D eigenvalue weighted by atomic mass is 9.96. The van der Waals surface area contributed by atoms with Crippen molar-refractivity contribution in [3.63, 3.8) is 0 Å². The molecule has 0 amide bonds. The summed E-state index contributed by atoms with van der Waals surface area (Å²) in [6, 6.07) is 9.15. The number of nitrogens with zero attached hydrogens (tertiary/aromatic N) is 3. The van der Waals surface area contributed by atoms with Crippen molar-refractivity contribution >= 4 is 28.9 Å².